The van der Waals surface area contributed by atoms with Crippen LogP contribution in [0.5, 0.6) is 5.75 Å². The van der Waals surface area contributed by atoms with E-state index in [9.17, 15) is 13.2 Å². The minimum atomic E-state index is -4.31. The van der Waals surface area contributed by atoms with Gasteiger partial charge in [-0.15, -0.1) is 0 Å². The van der Waals surface area contributed by atoms with Crippen LogP contribution >= 0.6 is 11.6 Å². The largest absolute Gasteiger partial charge is 0.495 e. The fourth-order valence-electron chi connectivity index (χ4n) is 1.08. The molecule has 0 radical (unpaired) electrons. The molecule has 0 N–H and O–H groups in total. The standard InChI is InChI=1S/C10H10ClF3O2/c1-15-9-4-7(2-3-8(9)11)5-16-6-10(12,13)14/h2-4H,5-6H2,1H3. The lowest BCUT2D eigenvalue weighted by Crippen LogP contribution is -2.16. The number of benzene rings is 1. The van der Waals surface area contributed by atoms with Gasteiger partial charge in [0.1, 0.15) is 12.4 Å². The topological polar surface area (TPSA) is 18.5 Å². The molecule has 0 heterocycles. The highest BCUT2D eigenvalue weighted by molar-refractivity contribution is 6.32. The molecule has 16 heavy (non-hydrogen) atoms. The van der Waals surface area contributed by atoms with Crippen LogP contribution in [0.4, 0.5) is 13.2 Å². The van der Waals surface area contributed by atoms with E-state index in [1.54, 1.807) is 18.2 Å². The minimum Gasteiger partial charge on any atom is -0.495 e. The zero-order chi connectivity index (χ0) is 12.2. The Morgan fingerprint density at radius 2 is 2.00 bits per heavy atom. The van der Waals surface area contributed by atoms with E-state index >= 15 is 0 Å². The lowest BCUT2D eigenvalue weighted by atomic mass is 10.2. The van der Waals surface area contributed by atoms with Gasteiger partial charge in [-0.3, -0.25) is 0 Å². The highest BCUT2D eigenvalue weighted by atomic mass is 35.5. The molecular weight excluding hydrogens is 245 g/mol. The molecule has 0 unspecified atom stereocenters. The fraction of sp³-hybridized carbons (Fsp3) is 0.400. The Kier molecular flexibility index (Phi) is 4.44. The third-order valence-electron chi connectivity index (χ3n) is 1.75. The summed E-state index contributed by atoms with van der Waals surface area (Å²) in [6.45, 7) is -1.40. The second kappa shape index (κ2) is 5.41. The zero-order valence-electron chi connectivity index (χ0n) is 8.47. The second-order valence-corrected chi connectivity index (χ2v) is 3.48. The number of alkyl halides is 3. The molecule has 1 aromatic carbocycles. The van der Waals surface area contributed by atoms with E-state index in [1.165, 1.54) is 7.11 Å². The van der Waals surface area contributed by atoms with Crippen molar-refractivity contribution in [3.8, 4) is 5.75 Å². The van der Waals surface area contributed by atoms with Crippen molar-refractivity contribution >= 4 is 11.6 Å². The van der Waals surface area contributed by atoms with Crippen LogP contribution in [0.25, 0.3) is 0 Å². The van der Waals surface area contributed by atoms with Crippen molar-refractivity contribution in [2.75, 3.05) is 13.7 Å². The molecule has 0 bridgehead atoms. The molecule has 1 aromatic rings. The van der Waals surface area contributed by atoms with Crippen molar-refractivity contribution in [3.63, 3.8) is 0 Å². The lowest BCUT2D eigenvalue weighted by molar-refractivity contribution is -0.176. The molecule has 1 rings (SSSR count). The second-order valence-electron chi connectivity index (χ2n) is 3.08. The van der Waals surface area contributed by atoms with Crippen molar-refractivity contribution in [2.24, 2.45) is 0 Å². The molecule has 0 saturated heterocycles. The molecule has 0 atom stereocenters. The van der Waals surface area contributed by atoms with Gasteiger partial charge in [0.05, 0.1) is 18.7 Å². The van der Waals surface area contributed by atoms with Crippen LogP contribution in [-0.4, -0.2) is 19.9 Å². The van der Waals surface area contributed by atoms with Gasteiger partial charge in [0.2, 0.25) is 0 Å². The SMILES string of the molecule is COc1cc(COCC(F)(F)F)ccc1Cl. The first kappa shape index (κ1) is 13.1. The molecule has 0 aliphatic carbocycles. The van der Waals surface area contributed by atoms with E-state index in [2.05, 4.69) is 4.74 Å². The van der Waals surface area contributed by atoms with Gasteiger partial charge in [0.25, 0.3) is 0 Å². The predicted molar refractivity (Wildman–Crippen MR) is 53.7 cm³/mol. The number of methoxy groups -OCH3 is 1. The van der Waals surface area contributed by atoms with E-state index in [0.717, 1.165) is 0 Å². The van der Waals surface area contributed by atoms with Crippen molar-refractivity contribution in [2.45, 2.75) is 12.8 Å². The smallest absolute Gasteiger partial charge is 0.411 e. The van der Waals surface area contributed by atoms with Crippen LogP contribution < -0.4 is 4.74 Å². The van der Waals surface area contributed by atoms with Gasteiger partial charge in [-0.25, -0.2) is 0 Å². The van der Waals surface area contributed by atoms with Gasteiger partial charge in [-0.2, -0.15) is 13.2 Å². The predicted octanol–water partition coefficient (Wildman–Crippen LogP) is 3.43. The van der Waals surface area contributed by atoms with Crippen LogP contribution in [0.3, 0.4) is 0 Å². The quantitative estimate of drug-likeness (QED) is 0.820. The first-order chi connectivity index (χ1) is 7.42. The van der Waals surface area contributed by atoms with Crippen LogP contribution in [0.15, 0.2) is 18.2 Å². The van der Waals surface area contributed by atoms with Gasteiger partial charge < -0.3 is 9.47 Å². The zero-order valence-corrected chi connectivity index (χ0v) is 9.23. The summed E-state index contributed by atoms with van der Waals surface area (Å²) in [5.74, 6) is 0.412. The maximum atomic E-state index is 11.8. The molecule has 0 aliphatic rings. The Morgan fingerprint density at radius 1 is 1.31 bits per heavy atom. The highest BCUT2D eigenvalue weighted by Crippen LogP contribution is 2.25. The Bertz CT molecular complexity index is 352. The molecule has 0 saturated carbocycles. The van der Waals surface area contributed by atoms with Crippen molar-refractivity contribution in [1.82, 2.24) is 0 Å². The summed E-state index contributed by atoms with van der Waals surface area (Å²) >= 11 is 5.76. The Balaban J connectivity index is 2.55. The van der Waals surface area contributed by atoms with Gasteiger partial charge in [0.15, 0.2) is 0 Å². The maximum Gasteiger partial charge on any atom is 0.411 e. The average Bonchev–Trinajstić information content (AvgIpc) is 2.18. The van der Waals surface area contributed by atoms with Crippen molar-refractivity contribution < 1.29 is 22.6 Å². The van der Waals surface area contributed by atoms with Crippen LogP contribution in [0.2, 0.25) is 5.02 Å². The molecule has 0 fully saturated rings. The number of ether oxygens (including phenoxy) is 2. The van der Waals surface area contributed by atoms with E-state index in [0.29, 0.717) is 16.3 Å². The Morgan fingerprint density at radius 3 is 2.56 bits per heavy atom. The molecular formula is C10H10ClF3O2. The number of hydrogen-bond donors (Lipinski definition) is 0. The maximum absolute atomic E-state index is 11.8. The highest BCUT2D eigenvalue weighted by Gasteiger charge is 2.27. The van der Waals surface area contributed by atoms with Crippen LogP contribution in [-0.2, 0) is 11.3 Å². The van der Waals surface area contributed by atoms with Gasteiger partial charge in [-0.1, -0.05) is 17.7 Å². The van der Waals surface area contributed by atoms with E-state index in [1.807, 2.05) is 0 Å². The number of hydrogen-bond acceptors (Lipinski definition) is 2. The fourth-order valence-corrected chi connectivity index (χ4v) is 1.27. The molecule has 0 spiro atoms. The van der Waals surface area contributed by atoms with E-state index in [-0.39, 0.29) is 6.61 Å². The Hall–Kier alpha value is -0.940. The average molecular weight is 255 g/mol. The molecule has 0 aromatic heterocycles. The molecule has 0 aliphatic heterocycles. The third-order valence-corrected chi connectivity index (χ3v) is 2.06. The van der Waals surface area contributed by atoms with Gasteiger partial charge >= 0.3 is 6.18 Å². The van der Waals surface area contributed by atoms with Gasteiger partial charge in [-0.05, 0) is 17.7 Å². The van der Waals surface area contributed by atoms with Crippen LogP contribution in [0.1, 0.15) is 5.56 Å². The summed E-state index contributed by atoms with van der Waals surface area (Å²) in [6, 6.07) is 4.67. The summed E-state index contributed by atoms with van der Waals surface area (Å²) in [5, 5.41) is 0.405. The summed E-state index contributed by atoms with van der Waals surface area (Å²) in [6.07, 6.45) is -4.31. The molecule has 6 heteroatoms. The normalized spacial score (nSPS) is 11.6. The minimum absolute atomic E-state index is 0.132. The third kappa shape index (κ3) is 4.28. The van der Waals surface area contributed by atoms with Crippen molar-refractivity contribution in [3.05, 3.63) is 28.8 Å². The monoisotopic (exact) mass is 254 g/mol. The summed E-state index contributed by atoms with van der Waals surface area (Å²) in [4.78, 5) is 0. The lowest BCUT2D eigenvalue weighted by Gasteiger charge is -2.09. The van der Waals surface area contributed by atoms with Crippen LogP contribution in [0, 0.1) is 0 Å². The van der Waals surface area contributed by atoms with E-state index in [4.69, 9.17) is 16.3 Å². The van der Waals surface area contributed by atoms with Gasteiger partial charge in [0, 0.05) is 0 Å². The number of halogens is 4. The summed E-state index contributed by atoms with van der Waals surface area (Å²) < 4.78 is 44.8. The summed E-state index contributed by atoms with van der Waals surface area (Å²) in [5.41, 5.74) is 0.575. The Labute approximate surface area is 95.9 Å². The summed E-state index contributed by atoms with van der Waals surface area (Å²) in [7, 11) is 1.43. The first-order valence-electron chi connectivity index (χ1n) is 4.39. The molecule has 2 nitrogen and oxygen atoms in total. The van der Waals surface area contributed by atoms with Crippen molar-refractivity contribution in [1.29, 1.82) is 0 Å². The van der Waals surface area contributed by atoms with E-state index < -0.39 is 12.8 Å². The molecule has 90 valence electrons. The molecule has 0 amide bonds. The number of rotatable bonds is 4. The first-order valence-corrected chi connectivity index (χ1v) is 4.77.